The molecular formula is C22H22N6O3. The van der Waals surface area contributed by atoms with E-state index in [2.05, 4.69) is 15.3 Å². The van der Waals surface area contributed by atoms with Crippen molar-refractivity contribution in [2.24, 2.45) is 5.73 Å². The molecule has 0 radical (unpaired) electrons. The van der Waals surface area contributed by atoms with E-state index in [0.29, 0.717) is 47.1 Å². The molecule has 158 valence electrons. The minimum absolute atomic E-state index is 0.175. The zero-order chi connectivity index (χ0) is 22.0. The third kappa shape index (κ3) is 3.90. The number of primary amides is 1. The summed E-state index contributed by atoms with van der Waals surface area (Å²) in [5.41, 5.74) is 9.26. The van der Waals surface area contributed by atoms with E-state index >= 15 is 0 Å². The zero-order valence-corrected chi connectivity index (χ0v) is 17.2. The van der Waals surface area contributed by atoms with Crippen LogP contribution in [0.3, 0.4) is 0 Å². The quantitative estimate of drug-likeness (QED) is 0.424. The van der Waals surface area contributed by atoms with Gasteiger partial charge in [-0.15, -0.1) is 0 Å². The third-order valence-corrected chi connectivity index (χ3v) is 4.98. The van der Waals surface area contributed by atoms with Gasteiger partial charge >= 0.3 is 0 Å². The highest BCUT2D eigenvalue weighted by Gasteiger charge is 2.17. The van der Waals surface area contributed by atoms with Crippen LogP contribution in [0.2, 0.25) is 0 Å². The number of carbonyl (C=O) groups excluding carboxylic acids is 2. The number of rotatable bonds is 7. The molecule has 2 heterocycles. The molecule has 2 aromatic heterocycles. The van der Waals surface area contributed by atoms with Gasteiger partial charge in [0.1, 0.15) is 11.5 Å². The average molecular weight is 418 g/mol. The summed E-state index contributed by atoms with van der Waals surface area (Å²) in [5, 5.41) is 2.62. The van der Waals surface area contributed by atoms with E-state index in [4.69, 9.17) is 15.5 Å². The number of aromatic amines is 1. The predicted molar refractivity (Wildman–Crippen MR) is 117 cm³/mol. The van der Waals surface area contributed by atoms with E-state index in [1.165, 1.54) is 0 Å². The fourth-order valence-corrected chi connectivity index (χ4v) is 3.42. The highest BCUT2D eigenvalue weighted by atomic mass is 16.5. The molecule has 0 unspecified atom stereocenters. The molecular weight excluding hydrogens is 396 g/mol. The van der Waals surface area contributed by atoms with Gasteiger partial charge in [0.25, 0.3) is 5.91 Å². The summed E-state index contributed by atoms with van der Waals surface area (Å²) in [7, 11) is 3.23. The van der Waals surface area contributed by atoms with Gasteiger partial charge in [0.2, 0.25) is 5.91 Å². The van der Waals surface area contributed by atoms with Crippen LogP contribution in [0.5, 0.6) is 0 Å². The van der Waals surface area contributed by atoms with E-state index in [1.807, 2.05) is 16.7 Å². The van der Waals surface area contributed by atoms with Gasteiger partial charge in [0.15, 0.2) is 5.82 Å². The summed E-state index contributed by atoms with van der Waals surface area (Å²) in [5.74, 6) is 0.567. The Morgan fingerprint density at radius 2 is 2.00 bits per heavy atom. The Morgan fingerprint density at radius 1 is 1.16 bits per heavy atom. The molecule has 0 aliphatic carbocycles. The predicted octanol–water partition coefficient (Wildman–Crippen LogP) is 2.20. The standard InChI is InChI=1S/C22H22N6O3/c1-24-22(30)15-6-7-18-16(11-15)27-21(28(18)8-9-31-2)17-12-25-20(26-17)14-5-3-4-13(10-14)19(23)29/h3-7,10-12H,8-9H2,1-2H3,(H2,23,29)(H,24,30)(H,25,26). The Labute approximate surface area is 178 Å². The van der Waals surface area contributed by atoms with Crippen molar-refractivity contribution in [3.05, 3.63) is 59.8 Å². The minimum Gasteiger partial charge on any atom is -0.383 e. The lowest BCUT2D eigenvalue weighted by Crippen LogP contribution is -2.17. The number of nitrogens with zero attached hydrogens (tertiary/aromatic N) is 3. The first-order valence-electron chi connectivity index (χ1n) is 9.69. The van der Waals surface area contributed by atoms with Crippen LogP contribution < -0.4 is 11.1 Å². The van der Waals surface area contributed by atoms with Gasteiger partial charge in [0, 0.05) is 43.6 Å². The lowest BCUT2D eigenvalue weighted by atomic mass is 10.1. The smallest absolute Gasteiger partial charge is 0.251 e. The van der Waals surface area contributed by atoms with Crippen molar-refractivity contribution in [2.75, 3.05) is 20.8 Å². The molecule has 0 aliphatic heterocycles. The monoisotopic (exact) mass is 418 g/mol. The average Bonchev–Trinajstić information content (AvgIpc) is 3.41. The molecule has 4 N–H and O–H groups in total. The summed E-state index contributed by atoms with van der Waals surface area (Å²) in [6, 6.07) is 12.3. The lowest BCUT2D eigenvalue weighted by Gasteiger charge is -2.07. The van der Waals surface area contributed by atoms with Crippen molar-refractivity contribution in [1.82, 2.24) is 24.8 Å². The summed E-state index contributed by atoms with van der Waals surface area (Å²) in [4.78, 5) is 36.1. The number of amides is 2. The largest absolute Gasteiger partial charge is 0.383 e. The van der Waals surface area contributed by atoms with Gasteiger partial charge in [0.05, 0.1) is 17.6 Å². The van der Waals surface area contributed by atoms with Gasteiger partial charge in [-0.1, -0.05) is 12.1 Å². The molecule has 2 amide bonds. The first-order valence-corrected chi connectivity index (χ1v) is 9.69. The number of methoxy groups -OCH3 is 1. The molecule has 0 fully saturated rings. The van der Waals surface area contributed by atoms with Crippen LogP contribution in [0.1, 0.15) is 20.7 Å². The Morgan fingerprint density at radius 3 is 2.74 bits per heavy atom. The summed E-state index contributed by atoms with van der Waals surface area (Å²) in [6.45, 7) is 1.06. The van der Waals surface area contributed by atoms with Gasteiger partial charge in [-0.25, -0.2) is 9.97 Å². The first-order chi connectivity index (χ1) is 15.0. The van der Waals surface area contributed by atoms with Crippen molar-refractivity contribution in [1.29, 1.82) is 0 Å². The number of nitrogens with two attached hydrogens (primary N) is 1. The number of imidazole rings is 2. The van der Waals surface area contributed by atoms with E-state index in [0.717, 1.165) is 11.1 Å². The van der Waals surface area contributed by atoms with Crippen molar-refractivity contribution in [3.63, 3.8) is 0 Å². The van der Waals surface area contributed by atoms with Crippen LogP contribution in [-0.4, -0.2) is 52.1 Å². The van der Waals surface area contributed by atoms with Gasteiger partial charge in [-0.05, 0) is 30.3 Å². The molecule has 4 rings (SSSR count). The molecule has 0 spiro atoms. The zero-order valence-electron chi connectivity index (χ0n) is 17.2. The summed E-state index contributed by atoms with van der Waals surface area (Å²) >= 11 is 0. The number of H-pyrrole nitrogens is 1. The molecule has 2 aromatic carbocycles. The number of hydrogen-bond donors (Lipinski definition) is 3. The Bertz CT molecular complexity index is 1270. The Balaban J connectivity index is 1.79. The fourth-order valence-electron chi connectivity index (χ4n) is 3.42. The van der Waals surface area contributed by atoms with Crippen LogP contribution >= 0.6 is 0 Å². The molecule has 4 aromatic rings. The maximum atomic E-state index is 12.0. The van der Waals surface area contributed by atoms with E-state index in [1.54, 1.807) is 50.7 Å². The highest BCUT2D eigenvalue weighted by Crippen LogP contribution is 2.27. The Hall–Kier alpha value is -3.98. The van der Waals surface area contributed by atoms with Crippen LogP contribution in [0.15, 0.2) is 48.7 Å². The number of ether oxygens (including phenoxy) is 1. The van der Waals surface area contributed by atoms with Gasteiger partial charge < -0.3 is 25.3 Å². The highest BCUT2D eigenvalue weighted by molar-refractivity contribution is 5.97. The second-order valence-corrected chi connectivity index (χ2v) is 6.94. The topological polar surface area (TPSA) is 128 Å². The second kappa shape index (κ2) is 8.41. The fraction of sp³-hybridized carbons (Fsp3) is 0.182. The first kappa shape index (κ1) is 20.3. The molecule has 0 bridgehead atoms. The summed E-state index contributed by atoms with van der Waals surface area (Å²) in [6.07, 6.45) is 1.76. The van der Waals surface area contributed by atoms with E-state index in [9.17, 15) is 9.59 Å². The normalized spacial score (nSPS) is 11.0. The Kier molecular flexibility index (Phi) is 5.50. The number of nitrogens with one attached hydrogen (secondary N) is 2. The van der Waals surface area contributed by atoms with E-state index < -0.39 is 5.91 Å². The molecule has 31 heavy (non-hydrogen) atoms. The van der Waals surface area contributed by atoms with Crippen LogP contribution in [0.25, 0.3) is 33.9 Å². The van der Waals surface area contributed by atoms with Crippen molar-refractivity contribution in [2.45, 2.75) is 6.54 Å². The molecule has 9 heteroatoms. The molecule has 0 aliphatic rings. The van der Waals surface area contributed by atoms with Crippen molar-refractivity contribution in [3.8, 4) is 22.9 Å². The number of benzene rings is 2. The maximum absolute atomic E-state index is 12.0. The number of carbonyl (C=O) groups is 2. The van der Waals surface area contributed by atoms with Crippen LogP contribution in [0, 0.1) is 0 Å². The molecule has 0 saturated carbocycles. The SMILES string of the molecule is CNC(=O)c1ccc2c(c1)nc(-c1c[nH]c(-c3cccc(C(N)=O)c3)n1)n2CCOC. The van der Waals surface area contributed by atoms with Crippen molar-refractivity contribution < 1.29 is 14.3 Å². The van der Waals surface area contributed by atoms with Crippen LogP contribution in [0.4, 0.5) is 0 Å². The van der Waals surface area contributed by atoms with Crippen LogP contribution in [-0.2, 0) is 11.3 Å². The number of fused-ring (bicyclic) bond motifs is 1. The van der Waals surface area contributed by atoms with Gasteiger partial charge in [-0.3, -0.25) is 9.59 Å². The summed E-state index contributed by atoms with van der Waals surface area (Å²) < 4.78 is 7.27. The molecule has 0 atom stereocenters. The molecule has 9 nitrogen and oxygen atoms in total. The van der Waals surface area contributed by atoms with Crippen molar-refractivity contribution >= 4 is 22.8 Å². The van der Waals surface area contributed by atoms with Gasteiger partial charge in [-0.2, -0.15) is 0 Å². The van der Waals surface area contributed by atoms with E-state index in [-0.39, 0.29) is 5.91 Å². The molecule has 0 saturated heterocycles. The number of aromatic nitrogens is 4. The third-order valence-electron chi connectivity index (χ3n) is 4.98. The maximum Gasteiger partial charge on any atom is 0.251 e. The minimum atomic E-state index is -0.498. The second-order valence-electron chi connectivity index (χ2n) is 6.94. The number of hydrogen-bond acceptors (Lipinski definition) is 5. The lowest BCUT2D eigenvalue weighted by molar-refractivity contribution is 0.0961.